The second-order valence-corrected chi connectivity index (χ2v) is 5.40. The number of phenols is 1. The van der Waals surface area contributed by atoms with Gasteiger partial charge in [0.05, 0.1) is 0 Å². The van der Waals surface area contributed by atoms with Crippen LogP contribution in [0, 0.1) is 13.8 Å². The quantitative estimate of drug-likeness (QED) is 0.759. The van der Waals surface area contributed by atoms with Gasteiger partial charge in [0.25, 0.3) is 0 Å². The van der Waals surface area contributed by atoms with Crippen molar-refractivity contribution in [2.75, 3.05) is 0 Å². The molecule has 1 N–H and O–H groups in total. The Morgan fingerprint density at radius 1 is 0.905 bits per heavy atom. The Balaban J connectivity index is 0.000000774. The molecule has 0 spiro atoms. The maximum absolute atomic E-state index is 10.0. The lowest BCUT2D eigenvalue weighted by Crippen LogP contribution is -2.03. The van der Waals surface area contributed by atoms with Gasteiger partial charge in [0, 0.05) is 5.56 Å². The average Bonchev–Trinajstić information content (AvgIpc) is 2.49. The van der Waals surface area contributed by atoms with Gasteiger partial charge in [0.15, 0.2) is 0 Å². The first-order valence-electron chi connectivity index (χ1n) is 7.71. The van der Waals surface area contributed by atoms with Crippen LogP contribution < -0.4 is 0 Å². The van der Waals surface area contributed by atoms with Crippen LogP contribution in [0.1, 0.15) is 41.7 Å². The molecule has 1 nitrogen and oxygen atoms in total. The summed E-state index contributed by atoms with van der Waals surface area (Å²) >= 11 is 0. The summed E-state index contributed by atoms with van der Waals surface area (Å²) in [5.74, 6) is 0.439. The third kappa shape index (κ3) is 3.36. The van der Waals surface area contributed by atoms with E-state index in [9.17, 15) is 5.11 Å². The maximum Gasteiger partial charge on any atom is 0.119 e. The van der Waals surface area contributed by atoms with Crippen LogP contribution in [0.5, 0.6) is 5.75 Å². The first-order valence-corrected chi connectivity index (χ1v) is 7.71. The largest absolute Gasteiger partial charge is 0.508 e. The van der Waals surface area contributed by atoms with Crippen molar-refractivity contribution >= 4 is 5.57 Å². The van der Waals surface area contributed by atoms with E-state index < -0.39 is 0 Å². The molecule has 0 saturated carbocycles. The number of benzene rings is 2. The number of aryl methyl sites for hydroxylation is 2. The summed E-state index contributed by atoms with van der Waals surface area (Å²) in [5, 5.41) is 10.0. The monoisotopic (exact) mass is 280 g/mol. The molecule has 0 amide bonds. The van der Waals surface area contributed by atoms with Crippen LogP contribution in [0.3, 0.4) is 0 Å². The minimum absolute atomic E-state index is 0.439. The maximum atomic E-state index is 10.0. The van der Waals surface area contributed by atoms with Gasteiger partial charge in [0.1, 0.15) is 5.75 Å². The van der Waals surface area contributed by atoms with E-state index in [1.165, 1.54) is 22.3 Å². The molecule has 110 valence electrons. The zero-order chi connectivity index (χ0) is 15.4. The molecule has 0 aromatic heterocycles. The first-order chi connectivity index (χ1) is 10.1. The van der Waals surface area contributed by atoms with Gasteiger partial charge in [-0.05, 0) is 55.0 Å². The Kier molecular flexibility index (Phi) is 4.85. The minimum atomic E-state index is 0.439. The smallest absolute Gasteiger partial charge is 0.119 e. The Hall–Kier alpha value is -2.02. The second kappa shape index (κ2) is 6.62. The lowest BCUT2D eigenvalue weighted by Gasteiger charge is -2.19. The molecule has 2 aromatic carbocycles. The molecule has 0 aliphatic heterocycles. The fourth-order valence-corrected chi connectivity index (χ4v) is 2.75. The van der Waals surface area contributed by atoms with Gasteiger partial charge in [-0.1, -0.05) is 55.8 Å². The summed E-state index contributed by atoms with van der Waals surface area (Å²) in [6.45, 7) is 8.14. The van der Waals surface area contributed by atoms with Gasteiger partial charge in [-0.15, -0.1) is 0 Å². The van der Waals surface area contributed by atoms with Crippen molar-refractivity contribution in [1.29, 1.82) is 0 Å². The number of fused-ring (bicyclic) bond motifs is 1. The lowest BCUT2D eigenvalue weighted by atomic mass is 9.86. The van der Waals surface area contributed by atoms with Crippen molar-refractivity contribution in [2.24, 2.45) is 0 Å². The van der Waals surface area contributed by atoms with E-state index in [0.717, 1.165) is 24.0 Å². The van der Waals surface area contributed by atoms with Crippen LogP contribution >= 0.6 is 0 Å². The second-order valence-electron chi connectivity index (χ2n) is 5.40. The summed E-state index contributed by atoms with van der Waals surface area (Å²) in [4.78, 5) is 0. The molecular weight excluding hydrogens is 256 g/mol. The molecule has 3 rings (SSSR count). The van der Waals surface area contributed by atoms with Crippen LogP contribution in [0.25, 0.3) is 5.57 Å². The van der Waals surface area contributed by atoms with Gasteiger partial charge in [0.2, 0.25) is 0 Å². The number of hydrogen-bond acceptors (Lipinski definition) is 1. The van der Waals surface area contributed by atoms with Gasteiger partial charge >= 0.3 is 0 Å². The normalized spacial score (nSPS) is 12.9. The highest BCUT2D eigenvalue weighted by molar-refractivity contribution is 5.71. The van der Waals surface area contributed by atoms with Crippen molar-refractivity contribution in [3.05, 3.63) is 70.3 Å². The van der Waals surface area contributed by atoms with E-state index in [0.29, 0.717) is 5.75 Å². The van der Waals surface area contributed by atoms with Crippen LogP contribution in [0.15, 0.2) is 42.5 Å². The van der Waals surface area contributed by atoms with E-state index in [4.69, 9.17) is 0 Å². The van der Waals surface area contributed by atoms with Gasteiger partial charge in [-0.2, -0.15) is 0 Å². The summed E-state index contributed by atoms with van der Waals surface area (Å²) in [7, 11) is 0. The number of phenolic OH excluding ortho intramolecular Hbond substituents is 1. The minimum Gasteiger partial charge on any atom is -0.508 e. The summed E-state index contributed by atoms with van der Waals surface area (Å²) in [6, 6.07) is 12.7. The topological polar surface area (TPSA) is 20.2 Å². The molecular formula is C20H24O. The molecule has 0 heterocycles. The highest BCUT2D eigenvalue weighted by Crippen LogP contribution is 2.33. The number of allylic oxidation sites excluding steroid dienone is 2. The molecule has 0 unspecified atom stereocenters. The molecule has 1 aliphatic carbocycles. The standard InChI is InChI=1S/C18H18O.C2H6/c1-12-3-5-14(6-4-12)15-7-8-17-16(11-15)9-13(2)10-18(17)19;1-2/h3-7,9-10,19H,8,11H2,1-2H3;1-2H3. The molecule has 2 aromatic rings. The van der Waals surface area contributed by atoms with E-state index in [1.54, 1.807) is 0 Å². The van der Waals surface area contributed by atoms with E-state index >= 15 is 0 Å². The van der Waals surface area contributed by atoms with E-state index in [2.05, 4.69) is 43.3 Å². The van der Waals surface area contributed by atoms with Crippen LogP contribution in [0.2, 0.25) is 0 Å². The predicted octanol–water partition coefficient (Wildman–Crippen LogP) is 5.22. The number of hydrogen-bond donors (Lipinski definition) is 1. The highest BCUT2D eigenvalue weighted by Gasteiger charge is 2.15. The molecule has 0 saturated heterocycles. The van der Waals surface area contributed by atoms with Crippen molar-refractivity contribution < 1.29 is 5.11 Å². The predicted molar refractivity (Wildman–Crippen MR) is 90.8 cm³/mol. The Morgan fingerprint density at radius 3 is 2.24 bits per heavy atom. The van der Waals surface area contributed by atoms with Gasteiger partial charge in [-0.3, -0.25) is 0 Å². The fourth-order valence-electron chi connectivity index (χ4n) is 2.75. The van der Waals surface area contributed by atoms with Gasteiger partial charge in [-0.25, -0.2) is 0 Å². The van der Waals surface area contributed by atoms with Crippen molar-refractivity contribution in [1.82, 2.24) is 0 Å². The summed E-state index contributed by atoms with van der Waals surface area (Å²) < 4.78 is 0. The summed E-state index contributed by atoms with van der Waals surface area (Å²) in [6.07, 6.45) is 3.97. The van der Waals surface area contributed by atoms with E-state index in [1.807, 2.05) is 26.8 Å². The highest BCUT2D eigenvalue weighted by atomic mass is 16.3. The van der Waals surface area contributed by atoms with Crippen LogP contribution in [-0.2, 0) is 12.8 Å². The first kappa shape index (κ1) is 15.4. The molecule has 0 atom stereocenters. The molecule has 1 heteroatoms. The average molecular weight is 280 g/mol. The zero-order valence-corrected chi connectivity index (χ0v) is 13.4. The van der Waals surface area contributed by atoms with Crippen molar-refractivity contribution in [2.45, 2.75) is 40.5 Å². The Labute approximate surface area is 128 Å². The molecule has 1 aliphatic rings. The van der Waals surface area contributed by atoms with Crippen LogP contribution in [0.4, 0.5) is 0 Å². The Morgan fingerprint density at radius 2 is 1.57 bits per heavy atom. The number of aromatic hydroxyl groups is 1. The molecule has 0 fully saturated rings. The zero-order valence-electron chi connectivity index (χ0n) is 13.4. The SMILES string of the molecule is CC.Cc1ccc(C2=CCc3c(O)cc(C)cc3C2)cc1. The van der Waals surface area contributed by atoms with E-state index in [-0.39, 0.29) is 0 Å². The third-order valence-corrected chi connectivity index (χ3v) is 3.82. The Bertz CT molecular complexity index is 648. The lowest BCUT2D eigenvalue weighted by molar-refractivity contribution is 0.468. The van der Waals surface area contributed by atoms with Crippen LogP contribution in [-0.4, -0.2) is 5.11 Å². The van der Waals surface area contributed by atoms with Crippen molar-refractivity contribution in [3.8, 4) is 5.75 Å². The summed E-state index contributed by atoms with van der Waals surface area (Å²) in [5.41, 5.74) is 7.40. The number of rotatable bonds is 1. The van der Waals surface area contributed by atoms with Gasteiger partial charge < -0.3 is 5.11 Å². The van der Waals surface area contributed by atoms with Crippen molar-refractivity contribution in [3.63, 3.8) is 0 Å². The molecule has 0 bridgehead atoms. The molecule has 21 heavy (non-hydrogen) atoms. The molecule has 0 radical (unpaired) electrons. The fraction of sp³-hybridized carbons (Fsp3) is 0.300. The third-order valence-electron chi connectivity index (χ3n) is 3.82.